The summed E-state index contributed by atoms with van der Waals surface area (Å²) in [6.45, 7) is -0.0962. The monoisotopic (exact) mass is 315 g/mol. The molecule has 0 N–H and O–H groups in total. The van der Waals surface area contributed by atoms with Gasteiger partial charge in [-0.05, 0) is 12.1 Å². The van der Waals surface area contributed by atoms with Gasteiger partial charge in [-0.3, -0.25) is 14.9 Å². The molecule has 1 aromatic rings. The number of nitro groups is 1. The van der Waals surface area contributed by atoms with Gasteiger partial charge in [-0.15, -0.1) is 0 Å². The highest BCUT2D eigenvalue weighted by Crippen LogP contribution is 2.33. The topological polar surface area (TPSA) is 101 Å². The summed E-state index contributed by atoms with van der Waals surface area (Å²) in [5.41, 5.74) is -0.438. The van der Waals surface area contributed by atoms with Gasteiger partial charge in [0.1, 0.15) is 10.6 Å². The summed E-state index contributed by atoms with van der Waals surface area (Å²) >= 11 is 0. The molecule has 0 atom stereocenters. The maximum absolute atomic E-state index is 11.7. The lowest BCUT2D eigenvalue weighted by atomic mass is 10.2. The Labute approximate surface area is 123 Å². The Morgan fingerprint density at radius 2 is 1.86 bits per heavy atom. The molecule has 0 radical (unpaired) electrons. The minimum Gasteiger partial charge on any atom is -0.360 e. The van der Waals surface area contributed by atoms with Gasteiger partial charge in [-0.25, -0.2) is 8.42 Å². The lowest BCUT2D eigenvalue weighted by Gasteiger charge is -2.21. The van der Waals surface area contributed by atoms with Crippen molar-refractivity contribution in [1.82, 2.24) is 4.90 Å². The Morgan fingerprint density at radius 1 is 1.29 bits per heavy atom. The smallest absolute Gasteiger partial charge is 0.311 e. The van der Waals surface area contributed by atoms with Crippen molar-refractivity contribution in [2.75, 3.05) is 38.8 Å². The molecule has 0 bridgehead atoms. The second kappa shape index (κ2) is 6.08. The van der Waals surface area contributed by atoms with Crippen LogP contribution in [0.1, 0.15) is 0 Å². The lowest BCUT2D eigenvalue weighted by Crippen LogP contribution is -2.34. The van der Waals surface area contributed by atoms with Gasteiger partial charge >= 0.3 is 5.69 Å². The molecule has 9 heteroatoms. The van der Waals surface area contributed by atoms with Gasteiger partial charge in [0.25, 0.3) is 0 Å². The van der Waals surface area contributed by atoms with Gasteiger partial charge in [-0.2, -0.15) is 0 Å². The fraction of sp³-hybridized carbons (Fsp3) is 0.417. The molecule has 1 amide bonds. The van der Waals surface area contributed by atoms with Crippen molar-refractivity contribution in [3.63, 3.8) is 0 Å². The van der Waals surface area contributed by atoms with Crippen molar-refractivity contribution < 1.29 is 18.1 Å². The maximum Gasteiger partial charge on any atom is 0.311 e. The first kappa shape index (κ1) is 16.9. The quantitative estimate of drug-likeness (QED) is 0.580. The van der Waals surface area contributed by atoms with Crippen LogP contribution in [-0.2, 0) is 14.6 Å². The molecule has 116 valence electrons. The Morgan fingerprint density at radius 3 is 2.29 bits per heavy atom. The first-order chi connectivity index (χ1) is 9.55. The molecule has 0 fully saturated rings. The number of benzene rings is 1. The molecule has 0 saturated heterocycles. The molecule has 1 rings (SSSR count). The second-order valence-corrected chi connectivity index (χ2v) is 6.78. The maximum atomic E-state index is 11.7. The standard InChI is InChI=1S/C12H17N3O5S/c1-13(2)11(16)8-14(3)9-6-5-7-10(21(4,19)20)12(9)15(17)18/h5-7H,8H2,1-4H3. The third kappa shape index (κ3) is 3.91. The first-order valence-electron chi connectivity index (χ1n) is 5.94. The van der Waals surface area contributed by atoms with Crippen LogP contribution in [0.3, 0.4) is 0 Å². The van der Waals surface area contributed by atoms with Gasteiger partial charge in [0.05, 0.1) is 11.5 Å². The Bertz CT molecular complexity index is 669. The number of rotatable bonds is 5. The second-order valence-electron chi connectivity index (χ2n) is 4.80. The molecule has 0 heterocycles. The van der Waals surface area contributed by atoms with Crippen molar-refractivity contribution in [1.29, 1.82) is 0 Å². The van der Waals surface area contributed by atoms with Gasteiger partial charge in [0.2, 0.25) is 5.91 Å². The average molecular weight is 315 g/mol. The predicted octanol–water partition coefficient (Wildman–Crippen LogP) is 0.523. The molecule has 0 unspecified atom stereocenters. The summed E-state index contributed by atoms with van der Waals surface area (Å²) in [4.78, 5) is 24.5. The van der Waals surface area contributed by atoms with Crippen molar-refractivity contribution in [2.24, 2.45) is 0 Å². The van der Waals surface area contributed by atoms with Gasteiger partial charge < -0.3 is 9.80 Å². The lowest BCUT2D eigenvalue weighted by molar-refractivity contribution is -0.387. The van der Waals surface area contributed by atoms with Crippen molar-refractivity contribution in [3.05, 3.63) is 28.3 Å². The summed E-state index contributed by atoms with van der Waals surface area (Å²) in [7, 11) is 0.887. The van der Waals surface area contributed by atoms with E-state index in [0.29, 0.717) is 0 Å². The van der Waals surface area contributed by atoms with Crippen LogP contribution < -0.4 is 4.90 Å². The van der Waals surface area contributed by atoms with E-state index >= 15 is 0 Å². The Balaban J connectivity index is 3.37. The number of sulfone groups is 1. The number of anilines is 1. The van der Waals surface area contributed by atoms with Crippen LogP contribution in [0.5, 0.6) is 0 Å². The summed E-state index contributed by atoms with van der Waals surface area (Å²) in [5.74, 6) is -0.253. The zero-order chi connectivity index (χ0) is 16.4. The van der Waals surface area contributed by atoms with E-state index in [9.17, 15) is 23.3 Å². The summed E-state index contributed by atoms with van der Waals surface area (Å²) in [5, 5.41) is 11.2. The highest BCUT2D eigenvalue weighted by atomic mass is 32.2. The van der Waals surface area contributed by atoms with Crippen LogP contribution >= 0.6 is 0 Å². The highest BCUT2D eigenvalue weighted by molar-refractivity contribution is 7.90. The fourth-order valence-corrected chi connectivity index (χ4v) is 2.59. The summed E-state index contributed by atoms with van der Waals surface area (Å²) in [6.07, 6.45) is 0.907. The van der Waals surface area contributed by atoms with E-state index in [4.69, 9.17) is 0 Å². The number of nitrogens with zero attached hydrogens (tertiary/aromatic N) is 3. The van der Waals surface area contributed by atoms with Gasteiger partial charge in [-0.1, -0.05) is 6.07 Å². The van der Waals surface area contributed by atoms with Crippen LogP contribution in [0, 0.1) is 10.1 Å². The van der Waals surface area contributed by atoms with E-state index in [0.717, 1.165) is 6.26 Å². The van der Waals surface area contributed by atoms with E-state index in [-0.39, 0.29) is 23.0 Å². The van der Waals surface area contributed by atoms with Crippen LogP contribution in [-0.4, -0.2) is 58.1 Å². The summed E-state index contributed by atoms with van der Waals surface area (Å²) in [6, 6.07) is 4.00. The highest BCUT2D eigenvalue weighted by Gasteiger charge is 2.28. The number of para-hydroxylation sites is 1. The molecule has 0 spiro atoms. The molecule has 0 aromatic heterocycles. The van der Waals surface area contributed by atoms with E-state index in [1.54, 1.807) is 14.1 Å². The van der Waals surface area contributed by atoms with E-state index < -0.39 is 20.4 Å². The van der Waals surface area contributed by atoms with Gasteiger partial charge in [0, 0.05) is 27.4 Å². The number of carbonyl (C=O) groups excluding carboxylic acids is 1. The molecule has 1 aromatic carbocycles. The first-order valence-corrected chi connectivity index (χ1v) is 7.83. The van der Waals surface area contributed by atoms with E-state index in [1.165, 1.54) is 35.0 Å². The van der Waals surface area contributed by atoms with Crippen molar-refractivity contribution >= 4 is 27.1 Å². The molecular formula is C12H17N3O5S. The van der Waals surface area contributed by atoms with Crippen LogP contribution in [0.2, 0.25) is 0 Å². The van der Waals surface area contributed by atoms with Gasteiger partial charge in [0.15, 0.2) is 9.84 Å². The SMILES string of the molecule is CN(C)C(=O)CN(C)c1cccc(S(C)(=O)=O)c1[N+](=O)[O-]. The molecular weight excluding hydrogens is 298 g/mol. The number of nitro benzene ring substituents is 1. The van der Waals surface area contributed by atoms with Crippen molar-refractivity contribution in [2.45, 2.75) is 4.90 Å². The minimum absolute atomic E-state index is 0.0816. The zero-order valence-electron chi connectivity index (χ0n) is 12.2. The Hall–Kier alpha value is -2.16. The molecule has 0 aliphatic rings. The summed E-state index contributed by atoms with van der Waals surface area (Å²) < 4.78 is 23.3. The number of amides is 1. The molecule has 0 aliphatic carbocycles. The molecule has 21 heavy (non-hydrogen) atoms. The van der Waals surface area contributed by atoms with Crippen LogP contribution in [0.25, 0.3) is 0 Å². The number of hydrogen-bond donors (Lipinski definition) is 0. The fourth-order valence-electron chi connectivity index (χ4n) is 1.73. The zero-order valence-corrected chi connectivity index (χ0v) is 13.0. The largest absolute Gasteiger partial charge is 0.360 e. The number of carbonyl (C=O) groups is 1. The van der Waals surface area contributed by atoms with E-state index in [1.807, 2.05) is 0 Å². The molecule has 0 aliphatic heterocycles. The third-order valence-corrected chi connectivity index (χ3v) is 3.97. The molecule has 8 nitrogen and oxygen atoms in total. The van der Waals surface area contributed by atoms with Crippen LogP contribution in [0.15, 0.2) is 23.1 Å². The average Bonchev–Trinajstić information content (AvgIpc) is 2.36. The number of likely N-dealkylation sites (N-methyl/N-ethyl adjacent to an activating group) is 2. The molecule has 0 saturated carbocycles. The number of hydrogen-bond acceptors (Lipinski definition) is 6. The predicted molar refractivity (Wildman–Crippen MR) is 78.2 cm³/mol. The Kier molecular flexibility index (Phi) is 4.89. The van der Waals surface area contributed by atoms with Crippen LogP contribution in [0.4, 0.5) is 11.4 Å². The minimum atomic E-state index is -3.74. The third-order valence-electron chi connectivity index (χ3n) is 2.84. The van der Waals surface area contributed by atoms with E-state index in [2.05, 4.69) is 0 Å². The van der Waals surface area contributed by atoms with Crippen molar-refractivity contribution in [3.8, 4) is 0 Å². The normalized spacial score (nSPS) is 11.0.